The number of rotatable bonds is 4. The van der Waals surface area contributed by atoms with Crippen LogP contribution in [0.3, 0.4) is 0 Å². The lowest BCUT2D eigenvalue weighted by molar-refractivity contribution is -0.121. The number of carbonyl (C=O) groups is 2. The fourth-order valence-electron chi connectivity index (χ4n) is 2.70. The van der Waals surface area contributed by atoms with Gasteiger partial charge in [0.15, 0.2) is 5.76 Å². The van der Waals surface area contributed by atoms with Gasteiger partial charge in [-0.15, -0.1) is 0 Å². The third kappa shape index (κ3) is 3.62. The Hall–Kier alpha value is -1.78. The van der Waals surface area contributed by atoms with Crippen LogP contribution < -0.4 is 10.6 Å². The summed E-state index contributed by atoms with van der Waals surface area (Å²) >= 11 is 0. The van der Waals surface area contributed by atoms with E-state index in [1.165, 1.54) is 12.7 Å². The molecular weight excluding hydrogens is 256 g/mol. The highest BCUT2D eigenvalue weighted by molar-refractivity contribution is 5.94. The Morgan fingerprint density at radius 1 is 1.35 bits per heavy atom. The van der Waals surface area contributed by atoms with Gasteiger partial charge in [-0.25, -0.2) is 0 Å². The summed E-state index contributed by atoms with van der Waals surface area (Å²) in [4.78, 5) is 23.5. The van der Waals surface area contributed by atoms with Gasteiger partial charge in [-0.2, -0.15) is 0 Å². The molecule has 0 radical (unpaired) electrons. The normalized spacial score (nSPS) is 26.0. The van der Waals surface area contributed by atoms with Gasteiger partial charge in [0.25, 0.3) is 5.91 Å². The molecular formula is C15H22N2O3. The molecule has 2 amide bonds. The lowest BCUT2D eigenvalue weighted by Crippen LogP contribution is -2.47. The maximum Gasteiger partial charge on any atom is 0.287 e. The molecule has 0 aliphatic heterocycles. The largest absolute Gasteiger partial charge is 0.459 e. The van der Waals surface area contributed by atoms with Crippen LogP contribution in [0.1, 0.15) is 43.7 Å². The minimum atomic E-state index is -0.366. The molecule has 1 aliphatic rings. The summed E-state index contributed by atoms with van der Waals surface area (Å²) in [6, 6.07) is 3.42. The van der Waals surface area contributed by atoms with Gasteiger partial charge in [-0.05, 0) is 30.4 Å². The molecule has 2 N–H and O–H groups in total. The van der Waals surface area contributed by atoms with E-state index >= 15 is 0 Å². The first-order chi connectivity index (χ1) is 9.58. The van der Waals surface area contributed by atoms with Crippen LogP contribution in [0.4, 0.5) is 0 Å². The van der Waals surface area contributed by atoms with Crippen molar-refractivity contribution < 1.29 is 14.0 Å². The molecule has 5 heteroatoms. The first-order valence-corrected chi connectivity index (χ1v) is 7.19. The summed E-state index contributed by atoms with van der Waals surface area (Å²) in [5.41, 5.74) is 0. The van der Waals surface area contributed by atoms with Gasteiger partial charge in [0.1, 0.15) is 0 Å². The predicted molar refractivity (Wildman–Crippen MR) is 75.2 cm³/mol. The molecule has 0 saturated heterocycles. The minimum absolute atomic E-state index is 0.0167. The molecule has 1 saturated carbocycles. The second-order valence-corrected chi connectivity index (χ2v) is 5.60. The van der Waals surface area contributed by atoms with Gasteiger partial charge in [0.05, 0.1) is 12.8 Å². The van der Waals surface area contributed by atoms with Crippen molar-refractivity contribution in [2.75, 3.05) is 6.54 Å². The zero-order chi connectivity index (χ0) is 14.5. The van der Waals surface area contributed by atoms with Crippen LogP contribution in [-0.2, 0) is 4.79 Å². The highest BCUT2D eigenvalue weighted by Crippen LogP contribution is 2.29. The number of hydrogen-bond acceptors (Lipinski definition) is 3. The monoisotopic (exact) mass is 278 g/mol. The fourth-order valence-corrected chi connectivity index (χ4v) is 2.70. The topological polar surface area (TPSA) is 71.3 Å². The Kier molecular flexibility index (Phi) is 4.82. The zero-order valence-electron chi connectivity index (χ0n) is 12.0. The number of nitrogens with one attached hydrogen (secondary N) is 2. The third-order valence-corrected chi connectivity index (χ3v) is 4.21. The highest BCUT2D eigenvalue weighted by Gasteiger charge is 2.28. The van der Waals surface area contributed by atoms with Crippen molar-refractivity contribution in [2.45, 2.75) is 39.2 Å². The quantitative estimate of drug-likeness (QED) is 0.884. The Balaban J connectivity index is 1.76. The van der Waals surface area contributed by atoms with Crippen LogP contribution in [0.15, 0.2) is 22.8 Å². The average molecular weight is 278 g/mol. The van der Waals surface area contributed by atoms with Crippen molar-refractivity contribution >= 4 is 11.8 Å². The standard InChI is InChI=1S/C15H22N2O3/c1-10-5-3-6-12(11(10)2)17-14(18)9-16-15(19)13-7-4-8-20-13/h4,7-8,10-12H,3,5-6,9H2,1-2H3,(H,16,19)(H,17,18). The summed E-state index contributed by atoms with van der Waals surface area (Å²) in [6.07, 6.45) is 4.82. The minimum Gasteiger partial charge on any atom is -0.459 e. The fraction of sp³-hybridized carbons (Fsp3) is 0.600. The molecule has 0 aromatic carbocycles. The van der Waals surface area contributed by atoms with Crippen LogP contribution in [0.5, 0.6) is 0 Å². The smallest absolute Gasteiger partial charge is 0.287 e. The zero-order valence-corrected chi connectivity index (χ0v) is 12.0. The van der Waals surface area contributed by atoms with Crippen molar-refractivity contribution in [2.24, 2.45) is 11.8 Å². The summed E-state index contributed by atoms with van der Waals surface area (Å²) in [6.45, 7) is 4.38. The molecule has 0 bridgehead atoms. The van der Waals surface area contributed by atoms with Crippen LogP contribution in [0, 0.1) is 11.8 Å². The summed E-state index contributed by atoms with van der Waals surface area (Å²) in [5.74, 6) is 0.823. The summed E-state index contributed by atoms with van der Waals surface area (Å²) in [5, 5.41) is 5.57. The number of carbonyl (C=O) groups excluding carboxylic acids is 2. The molecule has 1 fully saturated rings. The van der Waals surface area contributed by atoms with Crippen LogP contribution in [-0.4, -0.2) is 24.4 Å². The first kappa shape index (κ1) is 14.6. The predicted octanol–water partition coefficient (Wildman–Crippen LogP) is 1.95. The van der Waals surface area contributed by atoms with Gasteiger partial charge in [-0.1, -0.05) is 26.7 Å². The van der Waals surface area contributed by atoms with E-state index in [1.807, 2.05) is 0 Å². The highest BCUT2D eigenvalue weighted by atomic mass is 16.3. The van der Waals surface area contributed by atoms with E-state index in [1.54, 1.807) is 12.1 Å². The molecule has 3 atom stereocenters. The van der Waals surface area contributed by atoms with Crippen molar-refractivity contribution in [3.8, 4) is 0 Å². The van der Waals surface area contributed by atoms with Crippen molar-refractivity contribution in [3.63, 3.8) is 0 Å². The molecule has 1 aromatic rings. The van der Waals surface area contributed by atoms with E-state index < -0.39 is 0 Å². The van der Waals surface area contributed by atoms with E-state index in [0.29, 0.717) is 11.8 Å². The Labute approximate surface area is 119 Å². The van der Waals surface area contributed by atoms with E-state index in [-0.39, 0.29) is 30.2 Å². The maximum atomic E-state index is 11.9. The first-order valence-electron chi connectivity index (χ1n) is 7.19. The lowest BCUT2D eigenvalue weighted by Gasteiger charge is -2.34. The van der Waals surface area contributed by atoms with Crippen LogP contribution in [0.2, 0.25) is 0 Å². The molecule has 0 spiro atoms. The Bertz CT molecular complexity index is 456. The Morgan fingerprint density at radius 2 is 2.15 bits per heavy atom. The number of amides is 2. The third-order valence-electron chi connectivity index (χ3n) is 4.21. The van der Waals surface area contributed by atoms with E-state index in [0.717, 1.165) is 12.8 Å². The van der Waals surface area contributed by atoms with Crippen LogP contribution >= 0.6 is 0 Å². The average Bonchev–Trinajstić information content (AvgIpc) is 2.95. The molecule has 5 nitrogen and oxygen atoms in total. The van der Waals surface area contributed by atoms with Gasteiger partial charge < -0.3 is 15.1 Å². The lowest BCUT2D eigenvalue weighted by atomic mass is 9.78. The molecule has 3 unspecified atom stereocenters. The molecule has 20 heavy (non-hydrogen) atoms. The van der Waals surface area contributed by atoms with Gasteiger partial charge in [-0.3, -0.25) is 9.59 Å². The summed E-state index contributed by atoms with van der Waals surface area (Å²) < 4.78 is 4.96. The second kappa shape index (κ2) is 6.59. The SMILES string of the molecule is CC1CCCC(NC(=O)CNC(=O)c2ccco2)C1C. The van der Waals surface area contributed by atoms with E-state index in [4.69, 9.17) is 4.42 Å². The molecule has 1 aliphatic carbocycles. The molecule has 1 aromatic heterocycles. The molecule has 1 heterocycles. The second-order valence-electron chi connectivity index (χ2n) is 5.60. The van der Waals surface area contributed by atoms with Crippen LogP contribution in [0.25, 0.3) is 0 Å². The van der Waals surface area contributed by atoms with Crippen molar-refractivity contribution in [1.82, 2.24) is 10.6 Å². The van der Waals surface area contributed by atoms with Crippen molar-refractivity contribution in [1.29, 1.82) is 0 Å². The van der Waals surface area contributed by atoms with Crippen molar-refractivity contribution in [3.05, 3.63) is 24.2 Å². The van der Waals surface area contributed by atoms with E-state index in [2.05, 4.69) is 24.5 Å². The number of hydrogen-bond donors (Lipinski definition) is 2. The Morgan fingerprint density at radius 3 is 2.85 bits per heavy atom. The van der Waals surface area contributed by atoms with E-state index in [9.17, 15) is 9.59 Å². The number of furan rings is 1. The maximum absolute atomic E-state index is 11.9. The van der Waals surface area contributed by atoms with Gasteiger partial charge in [0, 0.05) is 6.04 Å². The molecule has 2 rings (SSSR count). The van der Waals surface area contributed by atoms with Gasteiger partial charge in [0.2, 0.25) is 5.91 Å². The summed E-state index contributed by atoms with van der Waals surface area (Å²) in [7, 11) is 0. The molecule has 110 valence electrons. The van der Waals surface area contributed by atoms with Gasteiger partial charge >= 0.3 is 0 Å².